The fourth-order valence-electron chi connectivity index (χ4n) is 2.81. The van der Waals surface area contributed by atoms with Gasteiger partial charge in [0.05, 0.1) is 39.3 Å². The standard InChI is InChI=1S/C20H13ClF3N5OS/c21-15-7-6-12(20(22,23)24)8-16(15)28-17(30)10-31-19-14-9-27-29(18(14)25-11-26-19)13-4-2-1-3-5-13/h1-9,11H,10H2,(H,28,30). The van der Waals surface area contributed by atoms with E-state index in [0.29, 0.717) is 16.1 Å². The molecular weight excluding hydrogens is 451 g/mol. The Morgan fingerprint density at radius 3 is 2.65 bits per heavy atom. The molecule has 6 nitrogen and oxygen atoms in total. The number of rotatable bonds is 5. The van der Waals surface area contributed by atoms with Gasteiger partial charge in [0.25, 0.3) is 0 Å². The maximum atomic E-state index is 12.9. The molecule has 1 N–H and O–H groups in total. The number of hydrogen-bond donors (Lipinski definition) is 1. The average Bonchev–Trinajstić information content (AvgIpc) is 3.18. The van der Waals surface area contributed by atoms with Gasteiger partial charge in [-0.05, 0) is 30.3 Å². The fraction of sp³-hybridized carbons (Fsp3) is 0.100. The summed E-state index contributed by atoms with van der Waals surface area (Å²) in [6, 6.07) is 12.2. The molecule has 4 rings (SSSR count). The molecule has 0 saturated heterocycles. The number of benzene rings is 2. The van der Waals surface area contributed by atoms with Gasteiger partial charge < -0.3 is 5.32 Å². The molecule has 0 aliphatic rings. The van der Waals surface area contributed by atoms with E-state index in [0.717, 1.165) is 35.6 Å². The van der Waals surface area contributed by atoms with Gasteiger partial charge in [-0.15, -0.1) is 0 Å². The summed E-state index contributed by atoms with van der Waals surface area (Å²) in [7, 11) is 0. The monoisotopic (exact) mass is 463 g/mol. The molecule has 4 aromatic rings. The Balaban J connectivity index is 1.50. The SMILES string of the molecule is O=C(CSc1ncnc2c1cnn2-c1ccccc1)Nc1cc(C(F)(F)F)ccc1Cl. The number of thioether (sulfide) groups is 1. The lowest BCUT2D eigenvalue weighted by Gasteiger charge is -2.11. The number of nitrogens with zero attached hydrogens (tertiary/aromatic N) is 4. The second-order valence-electron chi connectivity index (χ2n) is 6.34. The second kappa shape index (κ2) is 8.56. The van der Waals surface area contributed by atoms with Crippen LogP contribution < -0.4 is 5.32 Å². The Morgan fingerprint density at radius 1 is 1.13 bits per heavy atom. The van der Waals surface area contributed by atoms with E-state index in [1.165, 1.54) is 6.33 Å². The van der Waals surface area contributed by atoms with Crippen LogP contribution in [-0.4, -0.2) is 31.4 Å². The predicted octanol–water partition coefficient (Wildman–Crippen LogP) is 5.22. The van der Waals surface area contributed by atoms with E-state index in [4.69, 9.17) is 11.6 Å². The Morgan fingerprint density at radius 2 is 1.90 bits per heavy atom. The lowest BCUT2D eigenvalue weighted by Crippen LogP contribution is -2.15. The largest absolute Gasteiger partial charge is 0.416 e. The minimum Gasteiger partial charge on any atom is -0.324 e. The molecule has 1 amide bonds. The number of halogens is 4. The van der Waals surface area contributed by atoms with E-state index < -0.39 is 17.6 Å². The minimum atomic E-state index is -4.54. The van der Waals surface area contributed by atoms with Crippen LogP contribution in [0, 0.1) is 0 Å². The number of para-hydroxylation sites is 1. The van der Waals surface area contributed by atoms with E-state index in [1.54, 1.807) is 10.9 Å². The van der Waals surface area contributed by atoms with Crippen LogP contribution in [-0.2, 0) is 11.0 Å². The topological polar surface area (TPSA) is 72.7 Å². The second-order valence-corrected chi connectivity index (χ2v) is 7.71. The minimum absolute atomic E-state index is 0.0138. The molecule has 0 aliphatic heterocycles. The first-order valence-electron chi connectivity index (χ1n) is 8.86. The Kier molecular flexibility index (Phi) is 5.84. The van der Waals surface area contributed by atoms with Gasteiger partial charge in [0.15, 0.2) is 5.65 Å². The number of aromatic nitrogens is 4. The van der Waals surface area contributed by atoms with Gasteiger partial charge in [0.2, 0.25) is 5.91 Å². The molecule has 2 heterocycles. The van der Waals surface area contributed by atoms with Crippen molar-refractivity contribution in [3.8, 4) is 5.69 Å². The van der Waals surface area contributed by atoms with Gasteiger partial charge in [-0.25, -0.2) is 14.6 Å². The van der Waals surface area contributed by atoms with E-state index in [2.05, 4.69) is 20.4 Å². The Bertz CT molecular complexity index is 1250. The number of nitrogens with one attached hydrogen (secondary N) is 1. The molecule has 2 aromatic carbocycles. The maximum Gasteiger partial charge on any atom is 0.416 e. The summed E-state index contributed by atoms with van der Waals surface area (Å²) >= 11 is 7.05. The lowest BCUT2D eigenvalue weighted by atomic mass is 10.2. The third-order valence-electron chi connectivity index (χ3n) is 4.24. The van der Waals surface area contributed by atoms with E-state index in [-0.39, 0.29) is 16.5 Å². The summed E-state index contributed by atoms with van der Waals surface area (Å²) < 4.78 is 40.3. The average molecular weight is 464 g/mol. The van der Waals surface area contributed by atoms with Gasteiger partial charge in [0, 0.05) is 0 Å². The third kappa shape index (κ3) is 4.64. The molecule has 2 aromatic heterocycles. The van der Waals surface area contributed by atoms with Crippen molar-refractivity contribution in [2.24, 2.45) is 0 Å². The number of amides is 1. The van der Waals surface area contributed by atoms with Crippen LogP contribution in [0.25, 0.3) is 16.7 Å². The third-order valence-corrected chi connectivity index (χ3v) is 5.57. The number of hydrogen-bond acceptors (Lipinski definition) is 5. The molecule has 158 valence electrons. The van der Waals surface area contributed by atoms with E-state index >= 15 is 0 Å². The van der Waals surface area contributed by atoms with Gasteiger partial charge in [0.1, 0.15) is 11.4 Å². The van der Waals surface area contributed by atoms with Crippen LogP contribution in [0.4, 0.5) is 18.9 Å². The van der Waals surface area contributed by atoms with Gasteiger partial charge >= 0.3 is 6.18 Å². The number of alkyl halides is 3. The van der Waals surface area contributed by atoms with Gasteiger partial charge in [-0.3, -0.25) is 4.79 Å². The molecule has 0 radical (unpaired) electrons. The van der Waals surface area contributed by atoms with Crippen molar-refractivity contribution in [2.45, 2.75) is 11.2 Å². The number of fused-ring (bicyclic) bond motifs is 1. The zero-order valence-corrected chi connectivity index (χ0v) is 17.2. The van der Waals surface area contributed by atoms with Crippen LogP contribution >= 0.6 is 23.4 Å². The zero-order valence-electron chi connectivity index (χ0n) is 15.6. The van der Waals surface area contributed by atoms with Crippen molar-refractivity contribution >= 4 is 46.0 Å². The van der Waals surface area contributed by atoms with E-state index in [9.17, 15) is 18.0 Å². The van der Waals surface area contributed by atoms with Crippen LogP contribution in [0.3, 0.4) is 0 Å². The van der Waals surface area contributed by atoms with Crippen molar-refractivity contribution in [1.29, 1.82) is 0 Å². The quantitative estimate of drug-likeness (QED) is 0.324. The van der Waals surface area contributed by atoms with Crippen molar-refractivity contribution in [3.63, 3.8) is 0 Å². The Labute approximate surface area is 183 Å². The highest BCUT2D eigenvalue weighted by molar-refractivity contribution is 8.00. The maximum absolute atomic E-state index is 12.9. The summed E-state index contributed by atoms with van der Waals surface area (Å²) in [5.74, 6) is -0.608. The molecule has 0 unspecified atom stereocenters. The Hall–Kier alpha value is -3.11. The van der Waals surface area contributed by atoms with Crippen molar-refractivity contribution < 1.29 is 18.0 Å². The lowest BCUT2D eigenvalue weighted by molar-refractivity contribution is -0.137. The highest BCUT2D eigenvalue weighted by Crippen LogP contribution is 2.34. The zero-order chi connectivity index (χ0) is 22.0. The molecule has 0 saturated carbocycles. The number of carbonyl (C=O) groups is 1. The fourth-order valence-corrected chi connectivity index (χ4v) is 3.74. The van der Waals surface area contributed by atoms with Crippen LogP contribution in [0.1, 0.15) is 5.56 Å². The van der Waals surface area contributed by atoms with E-state index in [1.807, 2.05) is 30.3 Å². The molecule has 0 aliphatic carbocycles. The first-order chi connectivity index (χ1) is 14.8. The molecule has 0 fully saturated rings. The summed E-state index contributed by atoms with van der Waals surface area (Å²) in [5, 5.41) is 7.95. The normalized spacial score (nSPS) is 11.6. The van der Waals surface area contributed by atoms with Gasteiger partial charge in [-0.2, -0.15) is 18.3 Å². The molecule has 0 bridgehead atoms. The summed E-state index contributed by atoms with van der Waals surface area (Å²) in [6.45, 7) is 0. The van der Waals surface area contributed by atoms with Crippen molar-refractivity contribution in [1.82, 2.24) is 19.7 Å². The number of anilines is 1. The molecule has 31 heavy (non-hydrogen) atoms. The predicted molar refractivity (Wildman–Crippen MR) is 112 cm³/mol. The summed E-state index contributed by atoms with van der Waals surface area (Å²) in [6.07, 6.45) is -1.57. The first kappa shape index (κ1) is 21.1. The highest BCUT2D eigenvalue weighted by atomic mass is 35.5. The molecule has 0 atom stereocenters. The number of carbonyl (C=O) groups excluding carboxylic acids is 1. The molecule has 0 spiro atoms. The van der Waals surface area contributed by atoms with Crippen molar-refractivity contribution in [2.75, 3.05) is 11.1 Å². The first-order valence-corrected chi connectivity index (χ1v) is 10.2. The van der Waals surface area contributed by atoms with Gasteiger partial charge in [-0.1, -0.05) is 41.6 Å². The molecular formula is C20H13ClF3N5OS. The molecule has 11 heteroatoms. The highest BCUT2D eigenvalue weighted by Gasteiger charge is 2.31. The smallest absolute Gasteiger partial charge is 0.324 e. The summed E-state index contributed by atoms with van der Waals surface area (Å²) in [5.41, 5.74) is 0.395. The van der Waals surface area contributed by atoms with Crippen molar-refractivity contribution in [3.05, 3.63) is 71.6 Å². The summed E-state index contributed by atoms with van der Waals surface area (Å²) in [4.78, 5) is 20.8. The van der Waals surface area contributed by atoms with Crippen LogP contribution in [0.2, 0.25) is 5.02 Å². The van der Waals surface area contributed by atoms with Crippen LogP contribution in [0.15, 0.2) is 66.1 Å². The van der Waals surface area contributed by atoms with Crippen LogP contribution in [0.5, 0.6) is 0 Å².